The van der Waals surface area contributed by atoms with Crippen LogP contribution in [0, 0.1) is 0 Å². The van der Waals surface area contributed by atoms with E-state index in [1.165, 1.54) is 6.92 Å². The molecule has 1 atom stereocenters. The lowest BCUT2D eigenvalue weighted by Gasteiger charge is -2.14. The van der Waals surface area contributed by atoms with Crippen LogP contribution in [0.2, 0.25) is 0 Å². The van der Waals surface area contributed by atoms with Crippen LogP contribution in [0.15, 0.2) is 48.8 Å². The number of rotatable bonds is 4. The van der Waals surface area contributed by atoms with Gasteiger partial charge in [0, 0.05) is 24.1 Å². The monoisotopic (exact) mass is 365 g/mol. The Balaban J connectivity index is 1.42. The Labute approximate surface area is 154 Å². The van der Waals surface area contributed by atoms with Gasteiger partial charge in [-0.05, 0) is 37.3 Å². The van der Waals surface area contributed by atoms with Crippen LogP contribution in [0.4, 0.5) is 5.69 Å². The van der Waals surface area contributed by atoms with E-state index in [4.69, 9.17) is 14.2 Å². The molecule has 0 saturated carbocycles. The summed E-state index contributed by atoms with van der Waals surface area (Å²) in [7, 11) is 0. The maximum absolute atomic E-state index is 12.3. The molecule has 0 aliphatic carbocycles. The summed E-state index contributed by atoms with van der Waals surface area (Å²) in [6, 6.07) is 9.87. The van der Waals surface area contributed by atoms with E-state index >= 15 is 0 Å². The van der Waals surface area contributed by atoms with Crippen molar-refractivity contribution in [3.05, 3.63) is 54.4 Å². The summed E-state index contributed by atoms with van der Waals surface area (Å²) in [5, 5.41) is 2.68. The molecule has 136 valence electrons. The predicted octanol–water partition coefficient (Wildman–Crippen LogP) is 2.54. The van der Waals surface area contributed by atoms with Gasteiger partial charge in [-0.15, -0.1) is 0 Å². The molecular formula is C19H15N3O5. The third kappa shape index (κ3) is 3.50. The molecule has 1 aliphatic heterocycles. The van der Waals surface area contributed by atoms with Crippen molar-refractivity contribution in [2.75, 3.05) is 12.1 Å². The average Bonchev–Trinajstić information content (AvgIpc) is 3.15. The highest BCUT2D eigenvalue weighted by Gasteiger charge is 2.21. The zero-order chi connectivity index (χ0) is 18.8. The number of fused-ring (bicyclic) bond motifs is 2. The predicted molar refractivity (Wildman–Crippen MR) is 95.6 cm³/mol. The van der Waals surface area contributed by atoms with Crippen LogP contribution in [0.25, 0.3) is 11.0 Å². The number of carbonyl (C=O) groups excluding carboxylic acids is 2. The van der Waals surface area contributed by atoms with Gasteiger partial charge in [0.05, 0.1) is 16.6 Å². The van der Waals surface area contributed by atoms with Crippen molar-refractivity contribution >= 4 is 28.6 Å². The molecule has 0 bridgehead atoms. The molecule has 8 nitrogen and oxygen atoms in total. The SMILES string of the molecule is C[C@@H](OC(=O)c1ccc2nccnc2c1)C(=O)Nc1ccc2c(c1)OCO2. The third-order valence-corrected chi connectivity index (χ3v) is 4.00. The number of ether oxygens (including phenoxy) is 3. The van der Waals surface area contributed by atoms with E-state index in [0.717, 1.165) is 0 Å². The maximum Gasteiger partial charge on any atom is 0.338 e. The van der Waals surface area contributed by atoms with Crippen LogP contribution >= 0.6 is 0 Å². The molecule has 2 aromatic carbocycles. The number of hydrogen-bond acceptors (Lipinski definition) is 7. The molecule has 1 aliphatic rings. The number of anilines is 1. The molecule has 0 fully saturated rings. The standard InChI is InChI=1S/C19H15N3O5/c1-11(18(23)22-13-3-5-16-17(9-13)26-10-25-16)27-19(24)12-2-4-14-15(8-12)21-7-6-20-14/h2-9,11H,10H2,1H3,(H,22,23)/t11-/m1/s1. The molecular weight excluding hydrogens is 350 g/mol. The Morgan fingerprint density at radius 3 is 2.67 bits per heavy atom. The minimum Gasteiger partial charge on any atom is -0.454 e. The van der Waals surface area contributed by atoms with E-state index in [1.807, 2.05) is 0 Å². The average molecular weight is 365 g/mol. The van der Waals surface area contributed by atoms with Gasteiger partial charge < -0.3 is 19.5 Å². The molecule has 0 unspecified atom stereocenters. The zero-order valence-electron chi connectivity index (χ0n) is 14.3. The van der Waals surface area contributed by atoms with Crippen molar-refractivity contribution in [1.82, 2.24) is 9.97 Å². The van der Waals surface area contributed by atoms with Gasteiger partial charge in [-0.2, -0.15) is 0 Å². The minimum atomic E-state index is -0.986. The fraction of sp³-hybridized carbons (Fsp3) is 0.158. The van der Waals surface area contributed by atoms with Gasteiger partial charge in [0.1, 0.15) is 0 Å². The number of nitrogens with zero attached hydrogens (tertiary/aromatic N) is 2. The molecule has 2 heterocycles. The minimum absolute atomic E-state index is 0.150. The fourth-order valence-corrected chi connectivity index (χ4v) is 2.59. The second-order valence-electron chi connectivity index (χ2n) is 5.86. The van der Waals surface area contributed by atoms with Crippen LogP contribution < -0.4 is 14.8 Å². The van der Waals surface area contributed by atoms with E-state index < -0.39 is 18.0 Å². The molecule has 1 N–H and O–H groups in total. The second-order valence-corrected chi connectivity index (χ2v) is 5.86. The van der Waals surface area contributed by atoms with Gasteiger partial charge in [-0.3, -0.25) is 14.8 Å². The van der Waals surface area contributed by atoms with Crippen molar-refractivity contribution in [2.45, 2.75) is 13.0 Å². The van der Waals surface area contributed by atoms with E-state index in [0.29, 0.717) is 33.8 Å². The van der Waals surface area contributed by atoms with Gasteiger partial charge >= 0.3 is 5.97 Å². The van der Waals surface area contributed by atoms with Gasteiger partial charge in [-0.25, -0.2) is 4.79 Å². The highest BCUT2D eigenvalue weighted by atomic mass is 16.7. The molecule has 1 aromatic heterocycles. The molecule has 1 amide bonds. The third-order valence-electron chi connectivity index (χ3n) is 4.00. The molecule has 3 aromatic rings. The first-order chi connectivity index (χ1) is 13.1. The second kappa shape index (κ2) is 6.91. The highest BCUT2D eigenvalue weighted by molar-refractivity contribution is 5.98. The molecule has 0 spiro atoms. The Morgan fingerprint density at radius 2 is 1.81 bits per heavy atom. The maximum atomic E-state index is 12.3. The molecule has 4 rings (SSSR count). The number of amides is 1. The Bertz CT molecular complexity index is 1040. The lowest BCUT2D eigenvalue weighted by Crippen LogP contribution is -2.30. The van der Waals surface area contributed by atoms with Crippen molar-refractivity contribution in [3.63, 3.8) is 0 Å². The number of nitrogens with one attached hydrogen (secondary N) is 1. The number of benzene rings is 2. The quantitative estimate of drug-likeness (QED) is 0.709. The molecule has 8 heteroatoms. The van der Waals surface area contributed by atoms with Crippen LogP contribution in [-0.4, -0.2) is 34.7 Å². The zero-order valence-corrected chi connectivity index (χ0v) is 14.3. The fourth-order valence-electron chi connectivity index (χ4n) is 2.59. The number of carbonyl (C=O) groups is 2. The Kier molecular flexibility index (Phi) is 4.29. The van der Waals surface area contributed by atoms with Crippen LogP contribution in [0.5, 0.6) is 11.5 Å². The molecule has 0 saturated heterocycles. The number of esters is 1. The van der Waals surface area contributed by atoms with Gasteiger partial charge in [-0.1, -0.05) is 0 Å². The first kappa shape index (κ1) is 16.8. The summed E-state index contributed by atoms with van der Waals surface area (Å²) in [5.41, 5.74) is 2.06. The van der Waals surface area contributed by atoms with E-state index in [2.05, 4.69) is 15.3 Å². The van der Waals surface area contributed by atoms with E-state index in [1.54, 1.807) is 48.8 Å². The summed E-state index contributed by atoms with van der Waals surface area (Å²) in [6.07, 6.45) is 2.13. The van der Waals surface area contributed by atoms with Crippen molar-refractivity contribution in [1.29, 1.82) is 0 Å². The first-order valence-corrected chi connectivity index (χ1v) is 8.22. The molecule has 0 radical (unpaired) electrons. The summed E-state index contributed by atoms with van der Waals surface area (Å²) < 4.78 is 15.7. The largest absolute Gasteiger partial charge is 0.454 e. The normalized spacial score (nSPS) is 13.2. The summed E-state index contributed by atoms with van der Waals surface area (Å²) in [4.78, 5) is 32.9. The topological polar surface area (TPSA) is 99.6 Å². The van der Waals surface area contributed by atoms with E-state index in [-0.39, 0.29) is 6.79 Å². The number of hydrogen-bond donors (Lipinski definition) is 1. The Hall–Kier alpha value is -3.68. The van der Waals surface area contributed by atoms with E-state index in [9.17, 15) is 9.59 Å². The summed E-state index contributed by atoms with van der Waals surface area (Å²) in [6.45, 7) is 1.65. The molecule has 27 heavy (non-hydrogen) atoms. The van der Waals surface area contributed by atoms with Crippen LogP contribution in [-0.2, 0) is 9.53 Å². The summed E-state index contributed by atoms with van der Waals surface area (Å²) in [5.74, 6) is 0.0975. The Morgan fingerprint density at radius 1 is 1.04 bits per heavy atom. The van der Waals surface area contributed by atoms with Gasteiger partial charge in [0.15, 0.2) is 17.6 Å². The highest BCUT2D eigenvalue weighted by Crippen LogP contribution is 2.34. The lowest BCUT2D eigenvalue weighted by molar-refractivity contribution is -0.123. The van der Waals surface area contributed by atoms with Crippen molar-refractivity contribution in [2.24, 2.45) is 0 Å². The van der Waals surface area contributed by atoms with Gasteiger partial charge in [0.2, 0.25) is 6.79 Å². The van der Waals surface area contributed by atoms with Crippen LogP contribution in [0.1, 0.15) is 17.3 Å². The first-order valence-electron chi connectivity index (χ1n) is 8.22. The summed E-state index contributed by atoms with van der Waals surface area (Å²) >= 11 is 0. The number of aromatic nitrogens is 2. The lowest BCUT2D eigenvalue weighted by atomic mass is 10.2. The van der Waals surface area contributed by atoms with Crippen LogP contribution in [0.3, 0.4) is 0 Å². The smallest absolute Gasteiger partial charge is 0.338 e. The van der Waals surface area contributed by atoms with Crippen molar-refractivity contribution in [3.8, 4) is 11.5 Å². The van der Waals surface area contributed by atoms with Gasteiger partial charge in [0.25, 0.3) is 5.91 Å². The van der Waals surface area contributed by atoms with Crippen molar-refractivity contribution < 1.29 is 23.8 Å².